The first-order chi connectivity index (χ1) is 13.8. The van der Waals surface area contributed by atoms with Gasteiger partial charge < -0.3 is 4.74 Å². The van der Waals surface area contributed by atoms with E-state index < -0.39 is 0 Å². The molecular formula is C27H44O. The lowest BCUT2D eigenvalue weighted by molar-refractivity contribution is 0.279. The standard InChI is InChI=1S/C27H44O/c1-3-5-6-7-8-9-10-11-12-13-14-15-16-17-22-27(24-28-27)23-26-20-18-25(4-2)19-21-26/h4,18-21H,2-3,5-17,22-24H2,1H3. The first-order valence-electron chi connectivity index (χ1n) is 12.1. The molecule has 1 heteroatoms. The van der Waals surface area contributed by atoms with Crippen molar-refractivity contribution in [3.8, 4) is 0 Å². The highest BCUT2D eigenvalue weighted by Gasteiger charge is 2.43. The fraction of sp³-hybridized carbons (Fsp3) is 0.704. The van der Waals surface area contributed by atoms with Gasteiger partial charge in [0.1, 0.15) is 0 Å². The van der Waals surface area contributed by atoms with Crippen LogP contribution in [0.3, 0.4) is 0 Å². The molecule has 28 heavy (non-hydrogen) atoms. The molecule has 1 nitrogen and oxygen atoms in total. The summed E-state index contributed by atoms with van der Waals surface area (Å²) >= 11 is 0. The molecule has 158 valence electrons. The van der Waals surface area contributed by atoms with Gasteiger partial charge in [0.25, 0.3) is 0 Å². The number of ether oxygens (including phenoxy) is 1. The molecule has 1 aliphatic heterocycles. The van der Waals surface area contributed by atoms with E-state index in [0.29, 0.717) is 0 Å². The summed E-state index contributed by atoms with van der Waals surface area (Å²) in [5, 5.41) is 0. The highest BCUT2D eigenvalue weighted by Crippen LogP contribution is 2.36. The Morgan fingerprint density at radius 2 is 1.25 bits per heavy atom. The van der Waals surface area contributed by atoms with E-state index in [-0.39, 0.29) is 5.60 Å². The third-order valence-corrected chi connectivity index (χ3v) is 6.28. The van der Waals surface area contributed by atoms with Crippen LogP contribution in [0, 0.1) is 0 Å². The minimum absolute atomic E-state index is 0.160. The zero-order valence-electron chi connectivity index (χ0n) is 18.5. The van der Waals surface area contributed by atoms with Gasteiger partial charge in [-0.2, -0.15) is 0 Å². The van der Waals surface area contributed by atoms with E-state index in [0.717, 1.165) is 13.0 Å². The van der Waals surface area contributed by atoms with Crippen LogP contribution in [0.15, 0.2) is 30.8 Å². The van der Waals surface area contributed by atoms with E-state index in [2.05, 4.69) is 37.8 Å². The van der Waals surface area contributed by atoms with Crippen LogP contribution in [-0.4, -0.2) is 12.2 Å². The Labute approximate surface area is 175 Å². The van der Waals surface area contributed by atoms with Gasteiger partial charge in [0.2, 0.25) is 0 Å². The van der Waals surface area contributed by atoms with Crippen LogP contribution in [0.1, 0.15) is 114 Å². The van der Waals surface area contributed by atoms with Crippen LogP contribution >= 0.6 is 0 Å². The topological polar surface area (TPSA) is 12.5 Å². The summed E-state index contributed by atoms with van der Waals surface area (Å²) in [7, 11) is 0. The maximum Gasteiger partial charge on any atom is 0.0956 e. The third kappa shape index (κ3) is 9.92. The first kappa shape index (κ1) is 23.2. The summed E-state index contributed by atoms with van der Waals surface area (Å²) in [6.45, 7) is 7.07. The molecule has 1 unspecified atom stereocenters. The van der Waals surface area contributed by atoms with Crippen LogP contribution in [-0.2, 0) is 11.2 Å². The molecule has 0 bridgehead atoms. The molecule has 0 saturated carbocycles. The van der Waals surface area contributed by atoms with E-state index >= 15 is 0 Å². The van der Waals surface area contributed by atoms with E-state index in [1.807, 2.05) is 6.08 Å². The predicted molar refractivity (Wildman–Crippen MR) is 124 cm³/mol. The number of benzene rings is 1. The molecule has 1 atom stereocenters. The van der Waals surface area contributed by atoms with Crippen molar-refractivity contribution in [3.63, 3.8) is 0 Å². The fourth-order valence-electron chi connectivity index (χ4n) is 4.22. The van der Waals surface area contributed by atoms with Crippen molar-refractivity contribution in [2.24, 2.45) is 0 Å². The van der Waals surface area contributed by atoms with Crippen LogP contribution in [0.2, 0.25) is 0 Å². The van der Waals surface area contributed by atoms with Crippen molar-refractivity contribution in [2.75, 3.05) is 6.61 Å². The molecule has 0 spiro atoms. The number of hydrogen-bond donors (Lipinski definition) is 0. The van der Waals surface area contributed by atoms with Gasteiger partial charge in [-0.15, -0.1) is 0 Å². The Kier molecular flexibility index (Phi) is 11.6. The Balaban J connectivity index is 1.39. The predicted octanol–water partition coefficient (Wildman–Crippen LogP) is 8.51. The number of hydrogen-bond acceptors (Lipinski definition) is 1. The van der Waals surface area contributed by atoms with E-state index in [1.165, 1.54) is 107 Å². The molecule has 0 N–H and O–H groups in total. The van der Waals surface area contributed by atoms with Gasteiger partial charge in [-0.1, -0.05) is 134 Å². The van der Waals surface area contributed by atoms with Crippen LogP contribution in [0.25, 0.3) is 6.08 Å². The number of unbranched alkanes of at least 4 members (excludes halogenated alkanes) is 13. The Hall–Kier alpha value is -1.08. The highest BCUT2D eigenvalue weighted by molar-refractivity contribution is 5.47. The summed E-state index contributed by atoms with van der Waals surface area (Å²) < 4.78 is 5.85. The minimum Gasteiger partial charge on any atom is -0.369 e. The van der Waals surface area contributed by atoms with Gasteiger partial charge in [0.05, 0.1) is 12.2 Å². The maximum atomic E-state index is 5.85. The molecule has 0 aromatic heterocycles. The van der Waals surface area contributed by atoms with Gasteiger partial charge in [-0.3, -0.25) is 0 Å². The lowest BCUT2D eigenvalue weighted by Crippen LogP contribution is -2.14. The van der Waals surface area contributed by atoms with Crippen molar-refractivity contribution < 1.29 is 4.74 Å². The average Bonchev–Trinajstić information content (AvgIpc) is 3.48. The second-order valence-corrected chi connectivity index (χ2v) is 8.94. The van der Waals surface area contributed by atoms with Crippen LogP contribution in [0.5, 0.6) is 0 Å². The molecular weight excluding hydrogens is 340 g/mol. The van der Waals surface area contributed by atoms with E-state index in [9.17, 15) is 0 Å². The Morgan fingerprint density at radius 1 is 0.786 bits per heavy atom. The van der Waals surface area contributed by atoms with Crippen LogP contribution in [0.4, 0.5) is 0 Å². The van der Waals surface area contributed by atoms with Gasteiger partial charge in [-0.25, -0.2) is 0 Å². The smallest absolute Gasteiger partial charge is 0.0956 e. The molecule has 1 fully saturated rings. The van der Waals surface area contributed by atoms with Crippen molar-refractivity contribution in [1.82, 2.24) is 0 Å². The monoisotopic (exact) mass is 384 g/mol. The van der Waals surface area contributed by atoms with E-state index in [4.69, 9.17) is 4.74 Å². The van der Waals surface area contributed by atoms with Gasteiger partial charge >= 0.3 is 0 Å². The summed E-state index contributed by atoms with van der Waals surface area (Å²) in [6, 6.07) is 8.77. The molecule has 0 aliphatic carbocycles. The number of epoxide rings is 1. The third-order valence-electron chi connectivity index (χ3n) is 6.28. The molecule has 1 aromatic carbocycles. The van der Waals surface area contributed by atoms with Gasteiger partial charge in [-0.05, 0) is 17.5 Å². The van der Waals surface area contributed by atoms with Gasteiger partial charge in [0, 0.05) is 6.42 Å². The first-order valence-corrected chi connectivity index (χ1v) is 12.1. The van der Waals surface area contributed by atoms with Crippen molar-refractivity contribution in [1.29, 1.82) is 0 Å². The quantitative estimate of drug-likeness (QED) is 0.182. The summed E-state index contributed by atoms with van der Waals surface area (Å²) in [4.78, 5) is 0. The molecule has 0 radical (unpaired) electrons. The second kappa shape index (κ2) is 14.0. The molecule has 1 saturated heterocycles. The molecule has 0 amide bonds. The Morgan fingerprint density at radius 3 is 1.68 bits per heavy atom. The average molecular weight is 385 g/mol. The van der Waals surface area contributed by atoms with Crippen molar-refractivity contribution >= 4 is 6.08 Å². The molecule has 1 aliphatic rings. The highest BCUT2D eigenvalue weighted by atomic mass is 16.6. The molecule has 1 aromatic rings. The molecule has 1 heterocycles. The normalized spacial score (nSPS) is 18.3. The number of rotatable bonds is 18. The summed E-state index contributed by atoms with van der Waals surface area (Å²) in [5.41, 5.74) is 2.75. The lowest BCUT2D eigenvalue weighted by atomic mass is 9.93. The summed E-state index contributed by atoms with van der Waals surface area (Å²) in [5.74, 6) is 0. The van der Waals surface area contributed by atoms with Gasteiger partial charge in [0.15, 0.2) is 0 Å². The van der Waals surface area contributed by atoms with Crippen molar-refractivity contribution in [3.05, 3.63) is 42.0 Å². The maximum absolute atomic E-state index is 5.85. The molecule has 2 rings (SSSR count). The second-order valence-electron chi connectivity index (χ2n) is 8.94. The Bertz CT molecular complexity index is 512. The SMILES string of the molecule is C=Cc1ccc(CC2(CCCCCCCCCCCCCCCC)CO2)cc1. The summed E-state index contributed by atoms with van der Waals surface area (Å²) in [6.07, 6.45) is 24.1. The van der Waals surface area contributed by atoms with Crippen molar-refractivity contribution in [2.45, 2.75) is 115 Å². The van der Waals surface area contributed by atoms with Crippen LogP contribution < -0.4 is 0 Å². The lowest BCUT2D eigenvalue weighted by Gasteiger charge is -2.12. The zero-order valence-corrected chi connectivity index (χ0v) is 18.5. The zero-order chi connectivity index (χ0) is 19.9. The fourth-order valence-corrected chi connectivity index (χ4v) is 4.22. The largest absolute Gasteiger partial charge is 0.369 e. The minimum atomic E-state index is 0.160. The van der Waals surface area contributed by atoms with E-state index in [1.54, 1.807) is 0 Å².